The van der Waals surface area contributed by atoms with E-state index < -0.39 is 0 Å². The molecule has 0 aromatic carbocycles. The van der Waals surface area contributed by atoms with Crippen LogP contribution in [0.1, 0.15) is 27.7 Å². The maximum atomic E-state index is 11.3. The largest absolute Gasteiger partial charge is 0.342 e. The summed E-state index contributed by atoms with van der Waals surface area (Å²) in [5, 5.41) is 0.407. The van der Waals surface area contributed by atoms with Gasteiger partial charge in [-0.2, -0.15) is 0 Å². The number of hydrogen-bond donors (Lipinski definition) is 0. The number of halogens is 1. The van der Waals surface area contributed by atoms with Gasteiger partial charge in [0.25, 0.3) is 0 Å². The van der Waals surface area contributed by atoms with Crippen molar-refractivity contribution in [2.75, 3.05) is 12.4 Å². The highest BCUT2D eigenvalue weighted by Crippen LogP contribution is 2.22. The molecule has 0 N–H and O–H groups in total. The third-order valence-electron chi connectivity index (χ3n) is 2.34. The van der Waals surface area contributed by atoms with Crippen molar-refractivity contribution in [1.29, 1.82) is 0 Å². The molecule has 0 rings (SSSR count). The van der Waals surface area contributed by atoms with Crippen LogP contribution in [0.25, 0.3) is 0 Å². The molecule has 0 bridgehead atoms. The first-order valence-corrected chi connectivity index (χ1v) is 5.24. The van der Waals surface area contributed by atoms with Crippen LogP contribution < -0.4 is 0 Å². The number of carbonyl (C=O) groups excluding carboxylic acids is 1. The monoisotopic (exact) mass is 235 g/mol. The first kappa shape index (κ1) is 11.9. The Morgan fingerprint density at radius 3 is 2.17 bits per heavy atom. The van der Waals surface area contributed by atoms with Crippen molar-refractivity contribution >= 4 is 21.8 Å². The number of nitrogens with zero attached hydrogens (tertiary/aromatic N) is 1. The number of hydrogen-bond acceptors (Lipinski definition) is 1. The fourth-order valence-electron chi connectivity index (χ4n) is 0.891. The first-order valence-electron chi connectivity index (χ1n) is 4.12. The van der Waals surface area contributed by atoms with Gasteiger partial charge in [0.2, 0.25) is 5.91 Å². The average Bonchev–Trinajstić information content (AvgIpc) is 1.98. The van der Waals surface area contributed by atoms with Crippen LogP contribution in [0.2, 0.25) is 0 Å². The minimum Gasteiger partial charge on any atom is -0.342 e. The Labute approximate surface area is 83.4 Å². The molecule has 12 heavy (non-hydrogen) atoms. The Morgan fingerprint density at radius 1 is 1.50 bits per heavy atom. The molecular weight excluding hydrogens is 218 g/mol. The van der Waals surface area contributed by atoms with Gasteiger partial charge >= 0.3 is 0 Å². The van der Waals surface area contributed by atoms with E-state index in [0.717, 1.165) is 0 Å². The zero-order valence-electron chi connectivity index (χ0n) is 8.52. The predicted molar refractivity (Wildman–Crippen MR) is 55.5 cm³/mol. The molecule has 0 aliphatic rings. The van der Waals surface area contributed by atoms with Crippen LogP contribution in [0, 0.1) is 5.41 Å². The van der Waals surface area contributed by atoms with Crippen LogP contribution in [0.5, 0.6) is 0 Å². The lowest BCUT2D eigenvalue weighted by Gasteiger charge is -2.35. The van der Waals surface area contributed by atoms with Crippen molar-refractivity contribution in [3.63, 3.8) is 0 Å². The number of rotatable bonds is 2. The van der Waals surface area contributed by atoms with Gasteiger partial charge in [-0.3, -0.25) is 4.79 Å². The molecule has 3 heteroatoms. The third-order valence-corrected chi connectivity index (χ3v) is 2.82. The van der Waals surface area contributed by atoms with Gasteiger partial charge in [0, 0.05) is 13.1 Å². The fourth-order valence-corrected chi connectivity index (χ4v) is 1.29. The van der Waals surface area contributed by atoms with Crippen LogP contribution in [0.3, 0.4) is 0 Å². The summed E-state index contributed by atoms with van der Waals surface area (Å²) in [6, 6.07) is 0.266. The molecule has 1 unspecified atom stereocenters. The van der Waals surface area contributed by atoms with Gasteiger partial charge in [0.1, 0.15) is 0 Å². The van der Waals surface area contributed by atoms with Crippen LogP contribution >= 0.6 is 15.9 Å². The van der Waals surface area contributed by atoms with Gasteiger partial charge in [-0.05, 0) is 12.3 Å². The number of amides is 1. The second-order valence-corrected chi connectivity index (χ2v) is 4.74. The molecule has 0 heterocycles. The van der Waals surface area contributed by atoms with Crippen molar-refractivity contribution in [1.82, 2.24) is 4.90 Å². The molecule has 0 aromatic heterocycles. The van der Waals surface area contributed by atoms with E-state index in [1.54, 1.807) is 4.90 Å². The highest BCUT2D eigenvalue weighted by molar-refractivity contribution is 9.09. The highest BCUT2D eigenvalue weighted by atomic mass is 79.9. The maximum Gasteiger partial charge on any atom is 0.233 e. The van der Waals surface area contributed by atoms with E-state index in [-0.39, 0.29) is 17.4 Å². The molecule has 2 nitrogen and oxygen atoms in total. The molecule has 0 saturated heterocycles. The first-order chi connectivity index (χ1) is 5.30. The van der Waals surface area contributed by atoms with Crippen molar-refractivity contribution in [3.8, 4) is 0 Å². The quantitative estimate of drug-likeness (QED) is 0.673. The van der Waals surface area contributed by atoms with Gasteiger partial charge in [0.15, 0.2) is 0 Å². The normalized spacial score (nSPS) is 14.2. The third kappa shape index (κ3) is 3.13. The predicted octanol–water partition coefficient (Wildman–Crippen LogP) is 2.27. The summed E-state index contributed by atoms with van der Waals surface area (Å²) in [4.78, 5) is 13.1. The molecule has 0 saturated carbocycles. The summed E-state index contributed by atoms with van der Waals surface area (Å²) in [6.45, 7) is 8.47. The molecule has 0 radical (unpaired) electrons. The highest BCUT2D eigenvalue weighted by Gasteiger charge is 2.26. The van der Waals surface area contributed by atoms with Gasteiger partial charge in [-0.15, -0.1) is 0 Å². The number of alkyl halides is 1. The number of carbonyl (C=O) groups is 1. The molecule has 1 atom stereocenters. The average molecular weight is 236 g/mol. The van der Waals surface area contributed by atoms with Crippen molar-refractivity contribution in [2.45, 2.75) is 33.7 Å². The molecule has 1 amide bonds. The minimum absolute atomic E-state index is 0.137. The molecule has 0 aromatic rings. The molecular formula is C9H18BrNO. The summed E-state index contributed by atoms with van der Waals surface area (Å²) in [7, 11) is 1.85. The minimum atomic E-state index is 0.137. The van der Waals surface area contributed by atoms with Gasteiger partial charge in [0.05, 0.1) is 5.33 Å². The topological polar surface area (TPSA) is 20.3 Å². The van der Waals surface area contributed by atoms with E-state index >= 15 is 0 Å². The molecule has 0 aliphatic carbocycles. The maximum absolute atomic E-state index is 11.3. The zero-order valence-corrected chi connectivity index (χ0v) is 10.1. The summed E-state index contributed by atoms with van der Waals surface area (Å²) in [6.07, 6.45) is 0. The van der Waals surface area contributed by atoms with E-state index in [9.17, 15) is 4.79 Å². The Balaban J connectivity index is 4.29. The zero-order chi connectivity index (χ0) is 9.94. The SMILES string of the molecule is CC(N(C)C(=O)CBr)C(C)(C)C. The fraction of sp³-hybridized carbons (Fsp3) is 0.889. The smallest absolute Gasteiger partial charge is 0.233 e. The van der Waals surface area contributed by atoms with Gasteiger partial charge in [-0.1, -0.05) is 36.7 Å². The molecule has 0 fully saturated rings. The summed E-state index contributed by atoms with van der Waals surface area (Å²) in [5.41, 5.74) is 0.145. The Bertz CT molecular complexity index is 162. The standard InChI is InChI=1S/C9H18BrNO/c1-7(9(2,3)4)11(5)8(12)6-10/h7H,6H2,1-5H3. The van der Waals surface area contributed by atoms with E-state index in [2.05, 4.69) is 43.6 Å². The van der Waals surface area contributed by atoms with Crippen LogP contribution in [-0.4, -0.2) is 29.2 Å². The lowest BCUT2D eigenvalue weighted by atomic mass is 9.87. The van der Waals surface area contributed by atoms with E-state index in [1.807, 2.05) is 7.05 Å². The second kappa shape index (κ2) is 4.26. The van der Waals surface area contributed by atoms with E-state index in [4.69, 9.17) is 0 Å². The van der Waals surface area contributed by atoms with Gasteiger partial charge < -0.3 is 4.90 Å². The molecule has 0 spiro atoms. The lowest BCUT2D eigenvalue weighted by Crippen LogP contribution is -2.43. The van der Waals surface area contributed by atoms with Crippen molar-refractivity contribution in [3.05, 3.63) is 0 Å². The summed E-state index contributed by atoms with van der Waals surface area (Å²) in [5.74, 6) is 0.137. The van der Waals surface area contributed by atoms with Crippen molar-refractivity contribution < 1.29 is 4.79 Å². The van der Waals surface area contributed by atoms with E-state index in [1.165, 1.54) is 0 Å². The van der Waals surface area contributed by atoms with E-state index in [0.29, 0.717) is 5.33 Å². The van der Waals surface area contributed by atoms with Gasteiger partial charge in [-0.25, -0.2) is 0 Å². The second-order valence-electron chi connectivity index (χ2n) is 4.18. The Morgan fingerprint density at radius 2 is 1.92 bits per heavy atom. The molecule has 72 valence electrons. The lowest BCUT2D eigenvalue weighted by molar-refractivity contribution is -0.130. The van der Waals surface area contributed by atoms with Crippen LogP contribution in [0.4, 0.5) is 0 Å². The van der Waals surface area contributed by atoms with Crippen LogP contribution in [0.15, 0.2) is 0 Å². The summed E-state index contributed by atoms with van der Waals surface area (Å²) >= 11 is 3.16. The summed E-state index contributed by atoms with van der Waals surface area (Å²) < 4.78 is 0. The Hall–Kier alpha value is -0.0500. The van der Waals surface area contributed by atoms with Crippen molar-refractivity contribution in [2.24, 2.45) is 5.41 Å². The van der Waals surface area contributed by atoms with Crippen LogP contribution in [-0.2, 0) is 4.79 Å². The molecule has 0 aliphatic heterocycles. The Kier molecular flexibility index (Phi) is 4.24.